The highest BCUT2D eigenvalue weighted by molar-refractivity contribution is 4.94. The van der Waals surface area contributed by atoms with E-state index in [0.29, 0.717) is 6.04 Å². The Balaban J connectivity index is 2.50. The van der Waals surface area contributed by atoms with E-state index in [4.69, 9.17) is 4.74 Å². The van der Waals surface area contributed by atoms with Gasteiger partial charge in [-0.3, -0.25) is 4.90 Å². The van der Waals surface area contributed by atoms with Crippen molar-refractivity contribution in [1.82, 2.24) is 10.2 Å². The Morgan fingerprint density at radius 2 is 1.88 bits per heavy atom. The standard InChI is InChI=1S/C14H30N2O/c1-5-11-17-12-13(15-4)14(2,3)16-9-7-6-8-10-16/h13,15H,5-12H2,1-4H3. The molecule has 0 bridgehead atoms. The number of piperidine rings is 1. The fourth-order valence-electron chi connectivity index (χ4n) is 2.68. The normalized spacial score (nSPS) is 20.5. The molecule has 1 N–H and O–H groups in total. The highest BCUT2D eigenvalue weighted by atomic mass is 16.5. The van der Waals surface area contributed by atoms with E-state index in [0.717, 1.165) is 19.6 Å². The van der Waals surface area contributed by atoms with E-state index in [1.165, 1.54) is 32.4 Å². The lowest BCUT2D eigenvalue weighted by Gasteiger charge is -2.45. The maximum atomic E-state index is 5.72. The van der Waals surface area contributed by atoms with Crippen LogP contribution in [0.25, 0.3) is 0 Å². The van der Waals surface area contributed by atoms with Crippen molar-refractivity contribution in [3.8, 4) is 0 Å². The topological polar surface area (TPSA) is 24.5 Å². The second-order valence-corrected chi connectivity index (χ2v) is 5.62. The number of likely N-dealkylation sites (N-methyl/N-ethyl adjacent to an activating group) is 1. The molecule has 1 rings (SSSR count). The second-order valence-electron chi connectivity index (χ2n) is 5.62. The molecule has 0 aromatic carbocycles. The quantitative estimate of drug-likeness (QED) is 0.693. The molecule has 0 radical (unpaired) electrons. The second kappa shape index (κ2) is 7.34. The predicted molar refractivity (Wildman–Crippen MR) is 73.5 cm³/mol. The van der Waals surface area contributed by atoms with Crippen molar-refractivity contribution in [2.75, 3.05) is 33.4 Å². The summed E-state index contributed by atoms with van der Waals surface area (Å²) < 4.78 is 5.72. The minimum Gasteiger partial charge on any atom is -0.380 e. The lowest BCUT2D eigenvalue weighted by molar-refractivity contribution is 0.0181. The third-order valence-electron chi connectivity index (χ3n) is 4.01. The van der Waals surface area contributed by atoms with Crippen molar-refractivity contribution in [2.24, 2.45) is 0 Å². The van der Waals surface area contributed by atoms with Crippen LogP contribution >= 0.6 is 0 Å². The van der Waals surface area contributed by atoms with E-state index >= 15 is 0 Å². The summed E-state index contributed by atoms with van der Waals surface area (Å²) in [5, 5.41) is 3.43. The number of likely N-dealkylation sites (tertiary alicyclic amines) is 1. The molecule has 0 aromatic rings. The van der Waals surface area contributed by atoms with Gasteiger partial charge in [0.1, 0.15) is 0 Å². The number of hydrogen-bond donors (Lipinski definition) is 1. The number of nitrogens with one attached hydrogen (secondary N) is 1. The molecule has 1 fully saturated rings. The van der Waals surface area contributed by atoms with Crippen molar-refractivity contribution >= 4 is 0 Å². The van der Waals surface area contributed by atoms with Gasteiger partial charge in [0.25, 0.3) is 0 Å². The Morgan fingerprint density at radius 3 is 2.41 bits per heavy atom. The number of ether oxygens (including phenoxy) is 1. The van der Waals surface area contributed by atoms with Crippen LogP contribution in [0, 0.1) is 0 Å². The highest BCUT2D eigenvalue weighted by Crippen LogP contribution is 2.24. The maximum absolute atomic E-state index is 5.72. The zero-order valence-electron chi connectivity index (χ0n) is 12.1. The Bertz CT molecular complexity index is 200. The molecule has 0 aromatic heterocycles. The molecule has 1 aliphatic rings. The summed E-state index contributed by atoms with van der Waals surface area (Å²) in [5.74, 6) is 0. The van der Waals surface area contributed by atoms with E-state index in [1.54, 1.807) is 0 Å². The van der Waals surface area contributed by atoms with Crippen LogP contribution in [-0.4, -0.2) is 49.8 Å². The molecule has 1 unspecified atom stereocenters. The molecule has 1 saturated heterocycles. The van der Waals surface area contributed by atoms with Gasteiger partial charge in [0.2, 0.25) is 0 Å². The fraction of sp³-hybridized carbons (Fsp3) is 1.00. The van der Waals surface area contributed by atoms with Crippen LogP contribution in [0.5, 0.6) is 0 Å². The van der Waals surface area contributed by atoms with E-state index < -0.39 is 0 Å². The summed E-state index contributed by atoms with van der Waals surface area (Å²) in [5.41, 5.74) is 0.183. The lowest BCUT2D eigenvalue weighted by Crippen LogP contribution is -2.60. The van der Waals surface area contributed by atoms with Crippen molar-refractivity contribution in [3.63, 3.8) is 0 Å². The largest absolute Gasteiger partial charge is 0.380 e. The van der Waals surface area contributed by atoms with Crippen LogP contribution in [0.2, 0.25) is 0 Å². The van der Waals surface area contributed by atoms with Crippen LogP contribution < -0.4 is 5.32 Å². The lowest BCUT2D eigenvalue weighted by atomic mass is 9.90. The van der Waals surface area contributed by atoms with Crippen LogP contribution in [0.1, 0.15) is 46.5 Å². The summed E-state index contributed by atoms with van der Waals surface area (Å²) in [6.45, 7) is 11.0. The molecule has 1 aliphatic heterocycles. The smallest absolute Gasteiger partial charge is 0.0637 e. The predicted octanol–water partition coefficient (Wildman–Crippen LogP) is 2.27. The molecule has 1 atom stereocenters. The Hall–Kier alpha value is -0.120. The molecule has 0 spiro atoms. The van der Waals surface area contributed by atoms with Gasteiger partial charge in [-0.1, -0.05) is 13.3 Å². The average Bonchev–Trinajstić information content (AvgIpc) is 2.35. The highest BCUT2D eigenvalue weighted by Gasteiger charge is 2.35. The van der Waals surface area contributed by atoms with Gasteiger partial charge in [0.15, 0.2) is 0 Å². The fourth-order valence-corrected chi connectivity index (χ4v) is 2.68. The van der Waals surface area contributed by atoms with Gasteiger partial charge in [0.05, 0.1) is 6.61 Å². The van der Waals surface area contributed by atoms with Gasteiger partial charge in [-0.25, -0.2) is 0 Å². The van der Waals surface area contributed by atoms with Crippen LogP contribution in [0.4, 0.5) is 0 Å². The van der Waals surface area contributed by atoms with Crippen molar-refractivity contribution in [2.45, 2.75) is 58.0 Å². The molecule has 3 heteroatoms. The van der Waals surface area contributed by atoms with Crippen LogP contribution in [0.3, 0.4) is 0 Å². The molecule has 3 nitrogen and oxygen atoms in total. The van der Waals surface area contributed by atoms with E-state index in [-0.39, 0.29) is 5.54 Å². The number of hydrogen-bond acceptors (Lipinski definition) is 3. The molecular weight excluding hydrogens is 212 g/mol. The first-order valence-corrected chi connectivity index (χ1v) is 7.13. The minimum absolute atomic E-state index is 0.183. The molecule has 0 saturated carbocycles. The van der Waals surface area contributed by atoms with Gasteiger partial charge in [-0.05, 0) is 53.2 Å². The van der Waals surface area contributed by atoms with E-state index in [1.807, 2.05) is 7.05 Å². The van der Waals surface area contributed by atoms with E-state index in [9.17, 15) is 0 Å². The van der Waals surface area contributed by atoms with Gasteiger partial charge in [-0.2, -0.15) is 0 Å². The summed E-state index contributed by atoms with van der Waals surface area (Å²) in [6.07, 6.45) is 5.18. The SMILES string of the molecule is CCCOCC(NC)C(C)(C)N1CCCCC1. The summed E-state index contributed by atoms with van der Waals surface area (Å²) >= 11 is 0. The molecular formula is C14H30N2O. The zero-order valence-corrected chi connectivity index (χ0v) is 12.1. The average molecular weight is 242 g/mol. The van der Waals surface area contributed by atoms with Gasteiger partial charge in [-0.15, -0.1) is 0 Å². The van der Waals surface area contributed by atoms with Crippen molar-refractivity contribution in [1.29, 1.82) is 0 Å². The molecule has 1 heterocycles. The minimum atomic E-state index is 0.183. The molecule has 0 amide bonds. The molecule has 0 aliphatic carbocycles. The van der Waals surface area contributed by atoms with Crippen molar-refractivity contribution in [3.05, 3.63) is 0 Å². The number of nitrogens with zero attached hydrogens (tertiary/aromatic N) is 1. The third kappa shape index (κ3) is 4.23. The Morgan fingerprint density at radius 1 is 1.24 bits per heavy atom. The summed E-state index contributed by atoms with van der Waals surface area (Å²) in [4.78, 5) is 2.62. The zero-order chi connectivity index (χ0) is 12.7. The van der Waals surface area contributed by atoms with E-state index in [2.05, 4.69) is 31.0 Å². The summed E-state index contributed by atoms with van der Waals surface area (Å²) in [6, 6.07) is 0.409. The van der Waals surface area contributed by atoms with Crippen molar-refractivity contribution < 1.29 is 4.74 Å². The first kappa shape index (κ1) is 14.9. The van der Waals surface area contributed by atoms with Gasteiger partial charge < -0.3 is 10.1 Å². The molecule has 17 heavy (non-hydrogen) atoms. The maximum Gasteiger partial charge on any atom is 0.0637 e. The Labute approximate surface area is 107 Å². The van der Waals surface area contributed by atoms with Crippen LogP contribution in [-0.2, 0) is 4.74 Å². The first-order valence-electron chi connectivity index (χ1n) is 7.13. The first-order chi connectivity index (χ1) is 8.12. The Kier molecular flexibility index (Phi) is 6.45. The summed E-state index contributed by atoms with van der Waals surface area (Å²) in [7, 11) is 2.05. The number of rotatable bonds is 7. The third-order valence-corrected chi connectivity index (χ3v) is 4.01. The molecule has 102 valence electrons. The van der Waals surface area contributed by atoms with Gasteiger partial charge >= 0.3 is 0 Å². The monoisotopic (exact) mass is 242 g/mol. The van der Waals surface area contributed by atoms with Crippen LogP contribution in [0.15, 0.2) is 0 Å². The van der Waals surface area contributed by atoms with Gasteiger partial charge in [0, 0.05) is 18.2 Å².